The minimum absolute atomic E-state index is 0.0593. The molecule has 1 rings (SSSR count). The van der Waals surface area contributed by atoms with Crippen molar-refractivity contribution in [2.45, 2.75) is 19.9 Å². The van der Waals surface area contributed by atoms with Crippen LogP contribution in [0, 0.1) is 6.92 Å². The van der Waals surface area contributed by atoms with Crippen molar-refractivity contribution in [2.75, 3.05) is 6.61 Å². The zero-order valence-corrected chi connectivity index (χ0v) is 10.4. The van der Waals surface area contributed by atoms with Crippen LogP contribution in [0.2, 0.25) is 0 Å². The average molecular weight is 251 g/mol. The molecule has 6 heteroatoms. The molecule has 0 saturated carbocycles. The molecule has 0 spiro atoms. The van der Waals surface area contributed by atoms with Crippen LogP contribution in [-0.4, -0.2) is 18.5 Å². The van der Waals surface area contributed by atoms with Gasteiger partial charge in [-0.15, -0.1) is 0 Å². The maximum absolute atomic E-state index is 11.2. The molecule has 3 amide bonds. The lowest BCUT2D eigenvalue weighted by atomic mass is 10.1. The summed E-state index contributed by atoms with van der Waals surface area (Å²) in [5, 5.41) is 1.92. The lowest BCUT2D eigenvalue weighted by Gasteiger charge is -2.11. The molecule has 0 unspecified atom stereocenters. The highest BCUT2D eigenvalue weighted by Gasteiger charge is 2.08. The van der Waals surface area contributed by atoms with E-state index in [0.717, 1.165) is 11.1 Å². The molecule has 0 bridgehead atoms. The van der Waals surface area contributed by atoms with E-state index in [4.69, 9.17) is 16.2 Å². The Balaban J connectivity index is 2.63. The summed E-state index contributed by atoms with van der Waals surface area (Å²) >= 11 is 0. The predicted octanol–water partition coefficient (Wildman–Crippen LogP) is 0.588. The molecule has 0 aliphatic rings. The number of aryl methyl sites for hydroxylation is 1. The second-order valence-corrected chi connectivity index (χ2v) is 4.01. The van der Waals surface area contributed by atoms with Crippen molar-refractivity contribution in [1.29, 1.82) is 0 Å². The average Bonchev–Trinajstić information content (AvgIpc) is 2.26. The van der Waals surface area contributed by atoms with Gasteiger partial charge in [0.15, 0.2) is 6.61 Å². The number of rotatable bonds is 4. The van der Waals surface area contributed by atoms with Crippen molar-refractivity contribution in [2.24, 2.45) is 11.5 Å². The molecular weight excluding hydrogens is 234 g/mol. The Kier molecular flexibility index (Phi) is 4.67. The van der Waals surface area contributed by atoms with E-state index in [-0.39, 0.29) is 12.6 Å². The first kappa shape index (κ1) is 14.0. The van der Waals surface area contributed by atoms with Gasteiger partial charge in [0.1, 0.15) is 5.75 Å². The molecule has 1 aromatic carbocycles. The standard InChI is InChI=1S/C12H17N3O3/c1-7-5-9(8(2)13)3-4-10(7)18-6-11(16)15-12(14)17/h3-5,8H,6,13H2,1-2H3,(H3,14,15,16,17)/t8-/m1/s1. The molecule has 1 aromatic rings. The van der Waals surface area contributed by atoms with E-state index >= 15 is 0 Å². The van der Waals surface area contributed by atoms with Crippen molar-refractivity contribution in [3.63, 3.8) is 0 Å². The third-order valence-electron chi connectivity index (χ3n) is 2.35. The Morgan fingerprint density at radius 1 is 1.44 bits per heavy atom. The van der Waals surface area contributed by atoms with Crippen molar-refractivity contribution in [3.05, 3.63) is 29.3 Å². The van der Waals surface area contributed by atoms with E-state index in [1.807, 2.05) is 31.3 Å². The quantitative estimate of drug-likeness (QED) is 0.727. The van der Waals surface area contributed by atoms with Crippen LogP contribution < -0.4 is 21.5 Å². The molecular formula is C12H17N3O3. The summed E-state index contributed by atoms with van der Waals surface area (Å²) < 4.78 is 5.27. The predicted molar refractivity (Wildman–Crippen MR) is 67.0 cm³/mol. The lowest BCUT2D eigenvalue weighted by Crippen LogP contribution is -2.38. The molecule has 0 aliphatic heterocycles. The largest absolute Gasteiger partial charge is 0.483 e. The van der Waals surface area contributed by atoms with Gasteiger partial charge in [-0.05, 0) is 31.0 Å². The van der Waals surface area contributed by atoms with E-state index in [0.29, 0.717) is 5.75 Å². The Bertz CT molecular complexity index is 458. The molecule has 6 nitrogen and oxygen atoms in total. The Morgan fingerprint density at radius 3 is 2.61 bits per heavy atom. The highest BCUT2D eigenvalue weighted by atomic mass is 16.5. The molecule has 0 fully saturated rings. The van der Waals surface area contributed by atoms with E-state index in [1.165, 1.54) is 0 Å². The van der Waals surface area contributed by atoms with E-state index in [1.54, 1.807) is 6.07 Å². The van der Waals surface area contributed by atoms with Crippen LogP contribution in [0.5, 0.6) is 5.75 Å². The van der Waals surface area contributed by atoms with Gasteiger partial charge in [-0.2, -0.15) is 0 Å². The van der Waals surface area contributed by atoms with Gasteiger partial charge in [0, 0.05) is 6.04 Å². The number of primary amides is 1. The second-order valence-electron chi connectivity index (χ2n) is 4.01. The van der Waals surface area contributed by atoms with Gasteiger partial charge >= 0.3 is 6.03 Å². The molecule has 0 aromatic heterocycles. The fourth-order valence-corrected chi connectivity index (χ4v) is 1.43. The maximum Gasteiger partial charge on any atom is 0.318 e. The first-order valence-electron chi connectivity index (χ1n) is 5.48. The topological polar surface area (TPSA) is 107 Å². The monoisotopic (exact) mass is 251 g/mol. The minimum atomic E-state index is -0.896. The highest BCUT2D eigenvalue weighted by Crippen LogP contribution is 2.21. The van der Waals surface area contributed by atoms with Crippen LogP contribution in [0.4, 0.5) is 4.79 Å². The smallest absolute Gasteiger partial charge is 0.318 e. The third-order valence-corrected chi connectivity index (χ3v) is 2.35. The van der Waals surface area contributed by atoms with Crippen LogP contribution in [0.25, 0.3) is 0 Å². The summed E-state index contributed by atoms with van der Waals surface area (Å²) in [4.78, 5) is 21.6. The number of amides is 3. The van der Waals surface area contributed by atoms with Gasteiger partial charge in [-0.3, -0.25) is 10.1 Å². The molecule has 0 saturated heterocycles. The third kappa shape index (κ3) is 4.06. The van der Waals surface area contributed by atoms with Crippen LogP contribution in [0.15, 0.2) is 18.2 Å². The number of ether oxygens (including phenoxy) is 1. The Morgan fingerprint density at radius 2 is 2.11 bits per heavy atom. The van der Waals surface area contributed by atoms with E-state index in [9.17, 15) is 9.59 Å². The summed E-state index contributed by atoms with van der Waals surface area (Å²) in [6, 6.07) is 4.51. The van der Waals surface area contributed by atoms with Gasteiger partial charge in [-0.25, -0.2) is 4.79 Å². The Hall–Kier alpha value is -2.08. The SMILES string of the molecule is Cc1cc([C@@H](C)N)ccc1OCC(=O)NC(N)=O. The molecule has 5 N–H and O–H groups in total. The van der Waals surface area contributed by atoms with Gasteiger partial charge in [0.2, 0.25) is 0 Å². The number of hydrogen-bond donors (Lipinski definition) is 3. The number of nitrogens with one attached hydrogen (secondary N) is 1. The molecule has 0 heterocycles. The van der Waals surface area contributed by atoms with Crippen molar-refractivity contribution in [3.8, 4) is 5.75 Å². The minimum Gasteiger partial charge on any atom is -0.483 e. The van der Waals surface area contributed by atoms with Crippen molar-refractivity contribution < 1.29 is 14.3 Å². The summed E-state index contributed by atoms with van der Waals surface area (Å²) in [5.74, 6) is -0.0165. The number of carbonyl (C=O) groups is 2. The number of carbonyl (C=O) groups excluding carboxylic acids is 2. The van der Waals surface area contributed by atoms with Gasteiger partial charge in [0.25, 0.3) is 5.91 Å². The normalized spacial score (nSPS) is 11.7. The molecule has 18 heavy (non-hydrogen) atoms. The number of benzene rings is 1. The molecule has 98 valence electrons. The zero-order chi connectivity index (χ0) is 13.7. The second kappa shape index (κ2) is 6.02. The summed E-state index contributed by atoms with van der Waals surface area (Å²) in [6.45, 7) is 3.48. The van der Waals surface area contributed by atoms with Crippen LogP contribution in [-0.2, 0) is 4.79 Å². The van der Waals surface area contributed by atoms with Crippen molar-refractivity contribution >= 4 is 11.9 Å². The molecule has 1 atom stereocenters. The fourth-order valence-electron chi connectivity index (χ4n) is 1.43. The van der Waals surface area contributed by atoms with Gasteiger partial charge in [-0.1, -0.05) is 12.1 Å². The fraction of sp³-hybridized carbons (Fsp3) is 0.333. The van der Waals surface area contributed by atoms with E-state index in [2.05, 4.69) is 0 Å². The zero-order valence-electron chi connectivity index (χ0n) is 10.4. The lowest BCUT2D eigenvalue weighted by molar-refractivity contribution is -0.121. The Labute approximate surface area is 105 Å². The summed E-state index contributed by atoms with van der Waals surface area (Å²) in [7, 11) is 0. The van der Waals surface area contributed by atoms with Crippen LogP contribution in [0.3, 0.4) is 0 Å². The molecule has 0 aliphatic carbocycles. The number of imide groups is 1. The van der Waals surface area contributed by atoms with Gasteiger partial charge < -0.3 is 16.2 Å². The summed E-state index contributed by atoms with van der Waals surface area (Å²) in [5.41, 5.74) is 12.4. The van der Waals surface area contributed by atoms with Crippen LogP contribution >= 0.6 is 0 Å². The summed E-state index contributed by atoms with van der Waals surface area (Å²) in [6.07, 6.45) is 0. The molecule has 0 radical (unpaired) electrons. The number of hydrogen-bond acceptors (Lipinski definition) is 4. The van der Waals surface area contributed by atoms with Crippen molar-refractivity contribution in [1.82, 2.24) is 5.32 Å². The first-order valence-corrected chi connectivity index (χ1v) is 5.48. The number of nitrogens with two attached hydrogens (primary N) is 2. The van der Waals surface area contributed by atoms with Crippen LogP contribution in [0.1, 0.15) is 24.1 Å². The van der Waals surface area contributed by atoms with Gasteiger partial charge in [0.05, 0.1) is 0 Å². The van der Waals surface area contributed by atoms with E-state index < -0.39 is 11.9 Å². The maximum atomic E-state index is 11.2. The highest BCUT2D eigenvalue weighted by molar-refractivity contribution is 5.94. The first-order chi connectivity index (χ1) is 8.40. The number of urea groups is 1.